The zero-order valence-corrected chi connectivity index (χ0v) is 48.5. The van der Waals surface area contributed by atoms with Gasteiger partial charge in [0.15, 0.2) is 0 Å². The van der Waals surface area contributed by atoms with E-state index in [2.05, 4.69) is 305 Å². The second-order valence-electron chi connectivity index (χ2n) is 23.3. The van der Waals surface area contributed by atoms with Crippen molar-refractivity contribution in [1.82, 2.24) is 9.55 Å². The third-order valence-electron chi connectivity index (χ3n) is 16.3. The van der Waals surface area contributed by atoms with Crippen LogP contribution in [0.2, 0.25) is 0 Å². The monoisotopic (exact) mass is 1230 g/mol. The van der Waals surface area contributed by atoms with Gasteiger partial charge in [-0.1, -0.05) is 217 Å². The van der Waals surface area contributed by atoms with Crippen molar-refractivity contribution < 1.29 is 25.8 Å². The van der Waals surface area contributed by atoms with Crippen molar-refractivity contribution in [2.75, 3.05) is 9.80 Å². The fraction of sp³-hybridized carbons (Fsp3) is 0.120. The van der Waals surface area contributed by atoms with Crippen LogP contribution in [0.25, 0.3) is 61.0 Å². The van der Waals surface area contributed by atoms with Gasteiger partial charge < -0.3 is 19.1 Å². The summed E-state index contributed by atoms with van der Waals surface area (Å²) < 4.78 is 9.32. The molecular formula is C75H59N4OPt-3. The number of hydrogen-bond donors (Lipinski definition) is 0. The maximum Gasteiger partial charge on any atom is 0.135 e. The summed E-state index contributed by atoms with van der Waals surface area (Å²) >= 11 is 0. The van der Waals surface area contributed by atoms with Crippen LogP contribution in [0.5, 0.6) is 11.5 Å². The van der Waals surface area contributed by atoms with Crippen molar-refractivity contribution in [1.29, 1.82) is 0 Å². The van der Waals surface area contributed by atoms with Crippen molar-refractivity contribution in [2.45, 2.75) is 57.8 Å². The van der Waals surface area contributed by atoms with Crippen LogP contribution in [0.3, 0.4) is 0 Å². The Morgan fingerprint density at radius 2 is 1.00 bits per heavy atom. The second-order valence-corrected chi connectivity index (χ2v) is 23.3. The van der Waals surface area contributed by atoms with Crippen LogP contribution in [0, 0.1) is 18.8 Å². The molecule has 0 atom stereocenters. The maximum atomic E-state index is 7.07. The van der Waals surface area contributed by atoms with Gasteiger partial charge in [-0.2, -0.15) is 6.07 Å². The molecule has 0 fully saturated rings. The Bertz CT molecular complexity index is 4240. The van der Waals surface area contributed by atoms with Crippen LogP contribution < -0.4 is 14.5 Å². The number of ether oxygens (including phenoxy) is 1. The molecule has 0 amide bonds. The van der Waals surface area contributed by atoms with Crippen LogP contribution >= 0.6 is 0 Å². The summed E-state index contributed by atoms with van der Waals surface area (Å²) in [5, 5.41) is 2.17. The van der Waals surface area contributed by atoms with Gasteiger partial charge in [-0.15, -0.1) is 53.6 Å². The molecule has 2 aliphatic rings. The Labute approximate surface area is 490 Å². The fourth-order valence-electron chi connectivity index (χ4n) is 12.4. The average molecular weight is 1230 g/mol. The summed E-state index contributed by atoms with van der Waals surface area (Å²) in [4.78, 5) is 9.83. The molecule has 0 unspecified atom stereocenters. The predicted molar refractivity (Wildman–Crippen MR) is 330 cm³/mol. The molecule has 0 saturated heterocycles. The molecule has 0 N–H and O–H groups in total. The molecule has 14 rings (SSSR count). The molecule has 2 aromatic heterocycles. The van der Waals surface area contributed by atoms with E-state index in [9.17, 15) is 0 Å². The van der Waals surface area contributed by atoms with Gasteiger partial charge in [-0.05, 0) is 109 Å². The van der Waals surface area contributed by atoms with Crippen LogP contribution in [0.15, 0.2) is 243 Å². The molecule has 1 aliphatic heterocycles. The first kappa shape index (κ1) is 51.7. The number of aromatic nitrogens is 2. The van der Waals surface area contributed by atoms with Crippen molar-refractivity contribution >= 4 is 44.6 Å². The zero-order valence-electron chi connectivity index (χ0n) is 46.2. The zero-order chi connectivity index (χ0) is 54.3. The number of anilines is 4. The van der Waals surface area contributed by atoms with Crippen LogP contribution in [-0.4, -0.2) is 9.55 Å². The van der Waals surface area contributed by atoms with Gasteiger partial charge >= 0.3 is 0 Å². The minimum absolute atomic E-state index is 0. The Kier molecular flexibility index (Phi) is 12.8. The van der Waals surface area contributed by atoms with Crippen LogP contribution in [0.4, 0.5) is 22.7 Å². The van der Waals surface area contributed by atoms with E-state index in [-0.39, 0.29) is 31.9 Å². The van der Waals surface area contributed by atoms with E-state index in [0.717, 1.165) is 83.8 Å². The van der Waals surface area contributed by atoms with Gasteiger partial charge in [0, 0.05) is 72.5 Å². The molecule has 6 heteroatoms. The fourth-order valence-corrected chi connectivity index (χ4v) is 12.4. The summed E-state index contributed by atoms with van der Waals surface area (Å²) in [6.45, 7) is 15.9. The summed E-state index contributed by atoms with van der Waals surface area (Å²) in [7, 11) is 0. The molecule has 81 heavy (non-hydrogen) atoms. The van der Waals surface area contributed by atoms with Crippen molar-refractivity contribution in [2.24, 2.45) is 0 Å². The molecule has 0 spiro atoms. The van der Waals surface area contributed by atoms with Gasteiger partial charge in [-0.3, -0.25) is 0 Å². The summed E-state index contributed by atoms with van der Waals surface area (Å²) in [5.74, 6) is 1.98. The smallest absolute Gasteiger partial charge is 0.135 e. The van der Waals surface area contributed by atoms with Crippen molar-refractivity contribution in [3.63, 3.8) is 0 Å². The third kappa shape index (κ3) is 8.69. The Morgan fingerprint density at radius 3 is 1.63 bits per heavy atom. The first-order valence-corrected chi connectivity index (χ1v) is 27.7. The van der Waals surface area contributed by atoms with Gasteiger partial charge in [0.25, 0.3) is 0 Å². The van der Waals surface area contributed by atoms with E-state index in [0.29, 0.717) is 11.5 Å². The SMILES string of the molecule is CC(C)(C)c1cc(Oc2[c-]c3c(cc2)c2ccccc2n3-c2cc(C3(c4ccccc4)c4ccccc4-c4ccccc43)ccn2)[c-]c(N2[CH-]N(c3c(-c4ccccc4)cc(C(C)(C)C)cc3-c3ccccc3)c3ccccc32)c1.[Pt]. The Balaban J connectivity index is 0.00000618. The summed E-state index contributed by atoms with van der Waals surface area (Å²) in [6.07, 6.45) is 1.97. The van der Waals surface area contributed by atoms with E-state index in [1.165, 1.54) is 33.4 Å². The number of hydrogen-bond acceptors (Lipinski definition) is 4. The van der Waals surface area contributed by atoms with E-state index >= 15 is 0 Å². The van der Waals surface area contributed by atoms with Gasteiger partial charge in [0.05, 0.1) is 5.41 Å². The number of benzene rings is 10. The normalized spacial score (nSPS) is 13.5. The maximum absolute atomic E-state index is 7.07. The average Bonchev–Trinajstić information content (AvgIpc) is 4.32. The molecule has 5 nitrogen and oxygen atoms in total. The second kappa shape index (κ2) is 20.1. The molecular weight excluding hydrogens is 1170 g/mol. The molecule has 3 heterocycles. The molecule has 1 aliphatic carbocycles. The molecule has 0 saturated carbocycles. The molecule has 12 aromatic rings. The number of rotatable bonds is 9. The van der Waals surface area contributed by atoms with E-state index in [1.54, 1.807) is 0 Å². The third-order valence-corrected chi connectivity index (χ3v) is 16.3. The predicted octanol–water partition coefficient (Wildman–Crippen LogP) is 19.3. The molecule has 0 radical (unpaired) electrons. The minimum atomic E-state index is -0.579. The van der Waals surface area contributed by atoms with Gasteiger partial charge in [0.2, 0.25) is 0 Å². The standard InChI is InChI=1S/C75H59N4O.Pt/c1-73(2,3)54-42-56(77-49-78(69-37-23-22-36-68(69)77)72-63(50-24-10-7-11-25-50)44-55(74(4,5)6)45-64(72)51-26-12-8-13-27-51)47-58(43-54)80-57-38-39-62-61-32-18-21-35-67(61)79(70(62)48-57)71-46-53(40-41-76-71)75(52-28-14-9-15-29-52)65-33-19-16-30-59(65)60-31-17-20-34-66(60)75;/h7-46,49H,1-6H3;/q-3;. The van der Waals surface area contributed by atoms with Crippen LogP contribution in [-0.2, 0) is 37.3 Å². The number of para-hydroxylation sites is 3. The Hall–Kier alpha value is -8.76. The van der Waals surface area contributed by atoms with Gasteiger partial charge in [-0.25, -0.2) is 4.98 Å². The molecule has 10 aromatic carbocycles. The topological polar surface area (TPSA) is 33.5 Å². The van der Waals surface area contributed by atoms with E-state index < -0.39 is 5.41 Å². The van der Waals surface area contributed by atoms with Crippen LogP contribution in [0.1, 0.15) is 74.9 Å². The minimum Gasteiger partial charge on any atom is -0.509 e. The number of fused-ring (bicyclic) bond motifs is 7. The number of nitrogens with zero attached hydrogens (tertiary/aromatic N) is 4. The largest absolute Gasteiger partial charge is 0.509 e. The van der Waals surface area contributed by atoms with E-state index in [4.69, 9.17) is 9.72 Å². The molecule has 0 bridgehead atoms. The number of pyridine rings is 1. The van der Waals surface area contributed by atoms with Gasteiger partial charge in [0.1, 0.15) is 5.82 Å². The summed E-state index contributed by atoms with van der Waals surface area (Å²) in [5.41, 5.74) is 19.5. The first-order chi connectivity index (χ1) is 38.9. The van der Waals surface area contributed by atoms with Crippen molar-refractivity contribution in [3.05, 3.63) is 295 Å². The summed E-state index contributed by atoms with van der Waals surface area (Å²) in [6, 6.07) is 92.9. The quantitative estimate of drug-likeness (QED) is 0.135. The van der Waals surface area contributed by atoms with E-state index in [1.807, 2.05) is 12.3 Å². The first-order valence-electron chi connectivity index (χ1n) is 27.7. The van der Waals surface area contributed by atoms with Crippen molar-refractivity contribution in [3.8, 4) is 50.7 Å². The molecule has 398 valence electrons. The Morgan fingerprint density at radius 1 is 0.457 bits per heavy atom.